The number of rotatable bonds is 11. The summed E-state index contributed by atoms with van der Waals surface area (Å²) in [5.74, 6) is 0.938. The fourth-order valence-electron chi connectivity index (χ4n) is 3.59. The first-order valence-electron chi connectivity index (χ1n) is 11.6. The van der Waals surface area contributed by atoms with Gasteiger partial charge in [0, 0.05) is 5.57 Å². The van der Waals surface area contributed by atoms with Crippen LogP contribution in [0.4, 0.5) is 0 Å². The number of fused-ring (bicyclic) bond motifs is 1. The summed E-state index contributed by atoms with van der Waals surface area (Å²) in [7, 11) is -2.25. The Morgan fingerprint density at radius 1 is 1.06 bits per heavy atom. The lowest BCUT2D eigenvalue weighted by Gasteiger charge is -2.18. The number of ether oxygens (including phenoxy) is 5. The van der Waals surface area contributed by atoms with Crippen LogP contribution in [-0.4, -0.2) is 46.8 Å². The Hall–Kier alpha value is -3.04. The minimum absolute atomic E-state index is 0.0939. The molecule has 3 rings (SSSR count). The van der Waals surface area contributed by atoms with Crippen molar-refractivity contribution in [1.82, 2.24) is 0 Å². The number of hydrogen-bond acceptors (Lipinski definition) is 8. The monoisotopic (exact) mass is 504 g/mol. The maximum absolute atomic E-state index is 12.6. The van der Waals surface area contributed by atoms with Crippen molar-refractivity contribution in [1.29, 1.82) is 0 Å². The van der Waals surface area contributed by atoms with Crippen molar-refractivity contribution in [3.8, 4) is 17.2 Å². The number of carbonyl (C=O) groups is 1. The molecule has 9 heteroatoms. The number of hydrogen-bond donors (Lipinski definition) is 0. The minimum atomic E-state index is -3.53. The van der Waals surface area contributed by atoms with E-state index in [1.54, 1.807) is 18.2 Å². The molecule has 2 aromatic carbocycles. The van der Waals surface area contributed by atoms with Crippen LogP contribution in [0.5, 0.6) is 17.2 Å². The summed E-state index contributed by atoms with van der Waals surface area (Å²) in [6.45, 7) is 7.06. The van der Waals surface area contributed by atoms with Crippen LogP contribution in [0.15, 0.2) is 46.9 Å². The van der Waals surface area contributed by atoms with Gasteiger partial charge >= 0.3 is 5.97 Å². The lowest BCUT2D eigenvalue weighted by Crippen LogP contribution is -2.17. The average Bonchev–Trinajstić information content (AvgIpc) is 2.97. The van der Waals surface area contributed by atoms with Gasteiger partial charge in [-0.05, 0) is 74.2 Å². The number of sulfone groups is 1. The van der Waals surface area contributed by atoms with Crippen molar-refractivity contribution in [2.75, 3.05) is 26.1 Å². The molecule has 0 radical (unpaired) electrons. The zero-order valence-electron chi connectivity index (χ0n) is 20.5. The smallest absolute Gasteiger partial charge is 0.333 e. The molecule has 1 unspecified atom stereocenters. The average molecular weight is 505 g/mol. The number of benzene rings is 2. The van der Waals surface area contributed by atoms with Gasteiger partial charge in [0.15, 0.2) is 27.6 Å². The standard InChI is InChI=1S/C26H32O8S/c1-5-12-32-18(3)34-23-9-7-19(14-24(23)31-6-2)17-33-22-8-10-25-21(16-22)15-20(26(27)30-4)11-13-35(25,28)29/h7-10,14-16,18H,5-6,11-13,17H2,1-4H3. The van der Waals surface area contributed by atoms with Crippen molar-refractivity contribution in [2.24, 2.45) is 0 Å². The molecular weight excluding hydrogens is 472 g/mol. The predicted molar refractivity (Wildman–Crippen MR) is 131 cm³/mol. The Bertz CT molecular complexity index is 1170. The summed E-state index contributed by atoms with van der Waals surface area (Å²) >= 11 is 0. The molecule has 0 bridgehead atoms. The van der Waals surface area contributed by atoms with Crippen molar-refractivity contribution < 1.29 is 36.9 Å². The zero-order chi connectivity index (χ0) is 25.4. The van der Waals surface area contributed by atoms with Crippen molar-refractivity contribution in [3.05, 3.63) is 53.1 Å². The maximum Gasteiger partial charge on any atom is 0.333 e. The summed E-state index contributed by atoms with van der Waals surface area (Å²) in [4.78, 5) is 12.2. The molecule has 0 spiro atoms. The minimum Gasteiger partial charge on any atom is -0.490 e. The van der Waals surface area contributed by atoms with E-state index < -0.39 is 22.1 Å². The Kier molecular flexibility index (Phi) is 9.17. The first-order valence-corrected chi connectivity index (χ1v) is 13.2. The normalized spacial score (nSPS) is 15.3. The van der Waals surface area contributed by atoms with Gasteiger partial charge in [-0.25, -0.2) is 13.2 Å². The first-order chi connectivity index (χ1) is 16.8. The quantitative estimate of drug-likeness (QED) is 0.325. The molecule has 1 aliphatic heterocycles. The van der Waals surface area contributed by atoms with E-state index in [9.17, 15) is 13.2 Å². The van der Waals surface area contributed by atoms with E-state index in [0.29, 0.717) is 41.6 Å². The lowest BCUT2D eigenvalue weighted by molar-refractivity contribution is -0.136. The highest BCUT2D eigenvalue weighted by molar-refractivity contribution is 7.91. The topological polar surface area (TPSA) is 97.4 Å². The van der Waals surface area contributed by atoms with Gasteiger partial charge in [0.05, 0.1) is 31.0 Å². The number of carbonyl (C=O) groups excluding carboxylic acids is 1. The van der Waals surface area contributed by atoms with E-state index in [0.717, 1.165) is 12.0 Å². The van der Waals surface area contributed by atoms with Gasteiger partial charge in [-0.15, -0.1) is 0 Å². The molecule has 0 fully saturated rings. The second-order valence-electron chi connectivity index (χ2n) is 7.99. The SMILES string of the molecule is CCCOC(C)Oc1ccc(COc2ccc3c(c2)C=C(C(=O)OC)CCS3(=O)=O)cc1OCC. The Labute approximate surface area is 206 Å². The summed E-state index contributed by atoms with van der Waals surface area (Å²) in [5.41, 5.74) is 1.55. The van der Waals surface area contributed by atoms with Crippen molar-refractivity contribution in [3.63, 3.8) is 0 Å². The second-order valence-corrected chi connectivity index (χ2v) is 10.1. The van der Waals surface area contributed by atoms with Crippen LogP contribution in [0.3, 0.4) is 0 Å². The molecule has 2 aromatic rings. The van der Waals surface area contributed by atoms with Crippen LogP contribution < -0.4 is 14.2 Å². The largest absolute Gasteiger partial charge is 0.490 e. The Morgan fingerprint density at radius 3 is 2.57 bits per heavy atom. The van der Waals surface area contributed by atoms with E-state index in [1.807, 2.05) is 39.0 Å². The van der Waals surface area contributed by atoms with Gasteiger partial charge in [0.25, 0.3) is 0 Å². The Morgan fingerprint density at radius 2 is 1.86 bits per heavy atom. The Balaban J connectivity index is 1.79. The van der Waals surface area contributed by atoms with Gasteiger partial charge in [0.2, 0.25) is 0 Å². The van der Waals surface area contributed by atoms with Crippen molar-refractivity contribution in [2.45, 2.75) is 51.4 Å². The van der Waals surface area contributed by atoms with E-state index in [2.05, 4.69) is 0 Å². The first kappa shape index (κ1) is 26.6. The number of esters is 1. The molecule has 1 aliphatic rings. The van der Waals surface area contributed by atoms with Crippen LogP contribution in [0.25, 0.3) is 6.08 Å². The summed E-state index contributed by atoms with van der Waals surface area (Å²) in [5, 5.41) is 0. The van der Waals surface area contributed by atoms with Gasteiger partial charge in [-0.3, -0.25) is 0 Å². The molecule has 0 aromatic heterocycles. The lowest BCUT2D eigenvalue weighted by atomic mass is 10.1. The van der Waals surface area contributed by atoms with Gasteiger partial charge < -0.3 is 23.7 Å². The van der Waals surface area contributed by atoms with Crippen molar-refractivity contribution >= 4 is 21.9 Å². The third-order valence-corrected chi connectivity index (χ3v) is 7.08. The molecule has 1 atom stereocenters. The van der Waals surface area contributed by atoms with E-state index in [4.69, 9.17) is 23.7 Å². The van der Waals surface area contributed by atoms with E-state index in [1.165, 1.54) is 13.2 Å². The summed E-state index contributed by atoms with van der Waals surface area (Å²) in [6, 6.07) is 10.3. The highest BCUT2D eigenvalue weighted by atomic mass is 32.2. The molecule has 0 saturated heterocycles. The van der Waals surface area contributed by atoms with Crippen LogP contribution in [0.1, 0.15) is 44.7 Å². The van der Waals surface area contributed by atoms with Gasteiger partial charge in [0.1, 0.15) is 12.4 Å². The molecule has 190 valence electrons. The third-order valence-electron chi connectivity index (χ3n) is 5.30. The molecule has 0 aliphatic carbocycles. The highest BCUT2D eigenvalue weighted by Crippen LogP contribution is 2.32. The predicted octanol–water partition coefficient (Wildman–Crippen LogP) is 4.55. The third kappa shape index (κ3) is 6.99. The molecule has 1 heterocycles. The fraction of sp³-hybridized carbons (Fsp3) is 0.423. The molecule has 0 N–H and O–H groups in total. The van der Waals surface area contributed by atoms with Gasteiger partial charge in [-0.2, -0.15) is 0 Å². The summed E-state index contributed by atoms with van der Waals surface area (Å²) in [6.07, 6.45) is 2.14. The van der Waals surface area contributed by atoms with Crippen LogP contribution in [-0.2, 0) is 30.7 Å². The van der Waals surface area contributed by atoms with E-state index in [-0.39, 0.29) is 23.7 Å². The van der Waals surface area contributed by atoms with Gasteiger partial charge in [-0.1, -0.05) is 13.0 Å². The fourth-order valence-corrected chi connectivity index (χ4v) is 5.05. The second kappa shape index (κ2) is 12.1. The molecule has 0 saturated carbocycles. The van der Waals surface area contributed by atoms with Crippen LogP contribution in [0, 0.1) is 0 Å². The molecular formula is C26H32O8S. The van der Waals surface area contributed by atoms with Crippen LogP contribution >= 0.6 is 0 Å². The molecule has 8 nitrogen and oxygen atoms in total. The number of methoxy groups -OCH3 is 1. The van der Waals surface area contributed by atoms with Crippen LogP contribution in [0.2, 0.25) is 0 Å². The molecule has 35 heavy (non-hydrogen) atoms. The summed E-state index contributed by atoms with van der Waals surface area (Å²) < 4.78 is 53.2. The maximum atomic E-state index is 12.6. The van der Waals surface area contributed by atoms with E-state index >= 15 is 0 Å². The molecule has 0 amide bonds. The highest BCUT2D eigenvalue weighted by Gasteiger charge is 2.25. The zero-order valence-corrected chi connectivity index (χ0v) is 21.4.